The van der Waals surface area contributed by atoms with Gasteiger partial charge in [-0.15, -0.1) is 0 Å². The first-order chi connectivity index (χ1) is 10.0. The minimum absolute atomic E-state index is 0.0890. The van der Waals surface area contributed by atoms with Crippen molar-refractivity contribution >= 4 is 23.0 Å². The van der Waals surface area contributed by atoms with Crippen LogP contribution in [0.15, 0.2) is 33.5 Å². The summed E-state index contributed by atoms with van der Waals surface area (Å²) in [6.45, 7) is -0.1000. The van der Waals surface area contributed by atoms with Crippen LogP contribution in [0.2, 0.25) is 0 Å². The summed E-state index contributed by atoms with van der Waals surface area (Å²) in [4.78, 5) is 34.6. The van der Waals surface area contributed by atoms with Crippen LogP contribution in [0.1, 0.15) is 12.8 Å². The number of oxazole rings is 1. The Bertz CT molecular complexity index is 769. The summed E-state index contributed by atoms with van der Waals surface area (Å²) in [5, 5.41) is 11.6. The fraction of sp³-hybridized carbons (Fsp3) is 0.357. The van der Waals surface area contributed by atoms with Crippen molar-refractivity contribution in [1.82, 2.24) is 9.88 Å². The Morgan fingerprint density at radius 3 is 2.71 bits per heavy atom. The third-order valence-corrected chi connectivity index (χ3v) is 3.81. The Morgan fingerprint density at radius 2 is 2.05 bits per heavy atom. The average molecular weight is 290 g/mol. The predicted octanol–water partition coefficient (Wildman–Crippen LogP) is 0.575. The topological polar surface area (TPSA) is 102 Å². The fourth-order valence-electron chi connectivity index (χ4n) is 2.25. The van der Waals surface area contributed by atoms with Crippen LogP contribution in [0.4, 0.5) is 0 Å². The van der Waals surface area contributed by atoms with Crippen LogP contribution in [0, 0.1) is 5.41 Å². The highest BCUT2D eigenvalue weighted by molar-refractivity contribution is 5.82. The van der Waals surface area contributed by atoms with Crippen LogP contribution in [-0.2, 0) is 16.1 Å². The highest BCUT2D eigenvalue weighted by atomic mass is 16.4. The highest BCUT2D eigenvalue weighted by Gasteiger charge is 2.50. The van der Waals surface area contributed by atoms with Gasteiger partial charge >= 0.3 is 11.7 Å². The molecule has 1 aromatic carbocycles. The molecule has 1 aliphatic carbocycles. The summed E-state index contributed by atoms with van der Waals surface area (Å²) in [5.74, 6) is -1.91. The van der Waals surface area contributed by atoms with Gasteiger partial charge in [-0.1, -0.05) is 12.1 Å². The summed E-state index contributed by atoms with van der Waals surface area (Å²) in [5.41, 5.74) is 0.135. The Morgan fingerprint density at radius 1 is 1.33 bits per heavy atom. The van der Waals surface area contributed by atoms with E-state index in [1.807, 2.05) is 0 Å². The first kappa shape index (κ1) is 13.4. The number of amides is 1. The van der Waals surface area contributed by atoms with Crippen molar-refractivity contribution in [3.8, 4) is 0 Å². The van der Waals surface area contributed by atoms with Gasteiger partial charge in [0.25, 0.3) is 0 Å². The minimum Gasteiger partial charge on any atom is -0.481 e. The van der Waals surface area contributed by atoms with E-state index in [9.17, 15) is 14.4 Å². The molecule has 7 heteroatoms. The van der Waals surface area contributed by atoms with Crippen LogP contribution in [-0.4, -0.2) is 28.1 Å². The average Bonchev–Trinajstić information content (AvgIpc) is 3.19. The van der Waals surface area contributed by atoms with Crippen molar-refractivity contribution in [3.63, 3.8) is 0 Å². The molecule has 0 saturated heterocycles. The normalized spacial score (nSPS) is 15.8. The standard InChI is InChI=1S/C14H14N2O5/c17-11(15-8-14(5-6-14)12(18)19)7-16-9-3-1-2-4-10(9)21-13(16)20/h1-4H,5-8H2,(H,15,17)(H,18,19). The van der Waals surface area contributed by atoms with Crippen molar-refractivity contribution in [2.24, 2.45) is 5.41 Å². The van der Waals surface area contributed by atoms with E-state index in [1.165, 1.54) is 4.57 Å². The van der Waals surface area contributed by atoms with Crippen LogP contribution in [0.3, 0.4) is 0 Å². The number of rotatable bonds is 5. The van der Waals surface area contributed by atoms with Crippen molar-refractivity contribution in [1.29, 1.82) is 0 Å². The van der Waals surface area contributed by atoms with Crippen molar-refractivity contribution < 1.29 is 19.1 Å². The molecule has 0 radical (unpaired) electrons. The van der Waals surface area contributed by atoms with Crippen LogP contribution < -0.4 is 11.1 Å². The first-order valence-corrected chi connectivity index (χ1v) is 6.60. The van der Waals surface area contributed by atoms with E-state index >= 15 is 0 Å². The van der Waals surface area contributed by atoms with E-state index in [0.717, 1.165) is 0 Å². The van der Waals surface area contributed by atoms with Gasteiger partial charge in [-0.2, -0.15) is 0 Å². The van der Waals surface area contributed by atoms with Crippen LogP contribution in [0.5, 0.6) is 0 Å². The molecular formula is C14H14N2O5. The molecule has 1 saturated carbocycles. The smallest absolute Gasteiger partial charge is 0.420 e. The molecule has 0 unspecified atom stereocenters. The maximum atomic E-state index is 11.9. The van der Waals surface area contributed by atoms with Gasteiger partial charge in [0, 0.05) is 6.54 Å². The van der Waals surface area contributed by atoms with Crippen LogP contribution >= 0.6 is 0 Å². The van der Waals surface area contributed by atoms with Gasteiger partial charge < -0.3 is 14.8 Å². The summed E-state index contributed by atoms with van der Waals surface area (Å²) >= 11 is 0. The van der Waals surface area contributed by atoms with Gasteiger partial charge in [0.1, 0.15) is 6.54 Å². The number of aliphatic carboxylic acids is 1. The molecule has 1 fully saturated rings. The largest absolute Gasteiger partial charge is 0.481 e. The van der Waals surface area contributed by atoms with Gasteiger partial charge in [-0.25, -0.2) is 4.79 Å². The second-order valence-corrected chi connectivity index (χ2v) is 5.28. The number of carbonyl (C=O) groups excluding carboxylic acids is 1. The molecular weight excluding hydrogens is 276 g/mol. The molecule has 1 amide bonds. The highest BCUT2D eigenvalue weighted by Crippen LogP contribution is 2.45. The molecule has 2 N–H and O–H groups in total. The Labute approximate surface area is 119 Å². The van der Waals surface area contributed by atoms with Gasteiger partial charge in [-0.3, -0.25) is 14.2 Å². The van der Waals surface area contributed by atoms with E-state index in [2.05, 4.69) is 5.32 Å². The second kappa shape index (κ2) is 4.76. The zero-order valence-electron chi connectivity index (χ0n) is 11.2. The number of benzene rings is 1. The number of hydrogen-bond donors (Lipinski definition) is 2. The summed E-state index contributed by atoms with van der Waals surface area (Å²) in [6.07, 6.45) is 1.13. The van der Waals surface area contributed by atoms with Gasteiger partial charge in [0.2, 0.25) is 5.91 Å². The lowest BCUT2D eigenvalue weighted by Gasteiger charge is -2.11. The monoisotopic (exact) mass is 290 g/mol. The molecule has 0 atom stereocenters. The predicted molar refractivity (Wildman–Crippen MR) is 72.8 cm³/mol. The lowest BCUT2D eigenvalue weighted by molar-refractivity contribution is -0.143. The molecule has 21 heavy (non-hydrogen) atoms. The SMILES string of the molecule is O=C(Cn1c(=O)oc2ccccc21)NCC1(C(=O)O)CC1. The summed E-state index contributed by atoms with van der Waals surface area (Å²) in [7, 11) is 0. The molecule has 1 aliphatic rings. The molecule has 3 rings (SSSR count). The molecule has 1 aromatic heterocycles. The summed E-state index contributed by atoms with van der Waals surface area (Å²) in [6, 6.07) is 6.82. The maximum Gasteiger partial charge on any atom is 0.420 e. The second-order valence-electron chi connectivity index (χ2n) is 5.28. The number of nitrogens with zero attached hydrogens (tertiary/aromatic N) is 1. The molecule has 7 nitrogen and oxygen atoms in total. The zero-order valence-corrected chi connectivity index (χ0v) is 11.2. The van der Waals surface area contributed by atoms with Crippen molar-refractivity contribution in [2.45, 2.75) is 19.4 Å². The lowest BCUT2D eigenvalue weighted by Crippen LogP contribution is -2.37. The number of para-hydroxylation sites is 2. The number of hydrogen-bond acceptors (Lipinski definition) is 4. The quantitative estimate of drug-likeness (QED) is 0.838. The number of aromatic nitrogens is 1. The van der Waals surface area contributed by atoms with Crippen molar-refractivity contribution in [2.75, 3.05) is 6.54 Å². The van der Waals surface area contributed by atoms with E-state index < -0.39 is 23.0 Å². The minimum atomic E-state index is -0.895. The number of fused-ring (bicyclic) bond motifs is 1. The third kappa shape index (κ3) is 2.42. The Balaban J connectivity index is 1.71. The number of carbonyl (C=O) groups is 2. The molecule has 110 valence electrons. The molecule has 0 bridgehead atoms. The molecule has 0 spiro atoms. The first-order valence-electron chi connectivity index (χ1n) is 6.60. The number of carboxylic acid groups (broad SMARTS) is 1. The summed E-state index contributed by atoms with van der Waals surface area (Å²) < 4.78 is 6.26. The van der Waals surface area contributed by atoms with Gasteiger partial charge in [-0.05, 0) is 25.0 Å². The Kier molecular flexibility index (Phi) is 3.04. The van der Waals surface area contributed by atoms with E-state index in [0.29, 0.717) is 23.9 Å². The van der Waals surface area contributed by atoms with E-state index in [1.54, 1.807) is 24.3 Å². The fourth-order valence-corrected chi connectivity index (χ4v) is 2.25. The van der Waals surface area contributed by atoms with E-state index in [-0.39, 0.29) is 13.1 Å². The number of nitrogens with one attached hydrogen (secondary N) is 1. The molecule has 1 heterocycles. The molecule has 0 aliphatic heterocycles. The maximum absolute atomic E-state index is 11.9. The van der Waals surface area contributed by atoms with Gasteiger partial charge in [0.05, 0.1) is 10.9 Å². The number of carboxylic acids is 1. The third-order valence-electron chi connectivity index (χ3n) is 3.81. The Hall–Kier alpha value is -2.57. The zero-order chi connectivity index (χ0) is 15.0. The lowest BCUT2D eigenvalue weighted by atomic mass is 10.1. The van der Waals surface area contributed by atoms with Crippen LogP contribution in [0.25, 0.3) is 11.1 Å². The van der Waals surface area contributed by atoms with Crippen molar-refractivity contribution in [3.05, 3.63) is 34.8 Å². The molecule has 2 aromatic rings. The van der Waals surface area contributed by atoms with E-state index in [4.69, 9.17) is 9.52 Å². The van der Waals surface area contributed by atoms with Gasteiger partial charge in [0.15, 0.2) is 5.58 Å².